The highest BCUT2D eigenvalue weighted by Crippen LogP contribution is 2.31. The number of nitrogens with zero attached hydrogens (tertiary/aromatic N) is 2. The van der Waals surface area contributed by atoms with Crippen LogP contribution in [0.3, 0.4) is 0 Å². The van der Waals surface area contributed by atoms with Gasteiger partial charge < -0.3 is 21.1 Å². The van der Waals surface area contributed by atoms with E-state index in [1.807, 2.05) is 0 Å². The standard InChI is InChI=1S/C23H27N5O3S2/c29-16-8-6-15(7-9-16)25-21-12-18(33(30,31)17-4-2-1-3-5-17)13-22(27-21)28-23-26-19-10-11-24-14-20(19)32-23/h1-5,12-13,15-16,24,29H,6-11,14H2,(H2,25,26,27,28). The number of fused-ring (bicyclic) bond motifs is 1. The lowest BCUT2D eigenvalue weighted by atomic mass is 9.93. The molecule has 0 atom stereocenters. The van der Waals surface area contributed by atoms with Crippen molar-refractivity contribution in [2.24, 2.45) is 0 Å². The second-order valence-corrected chi connectivity index (χ2v) is 11.5. The maximum absolute atomic E-state index is 13.3. The van der Waals surface area contributed by atoms with E-state index in [9.17, 15) is 13.5 Å². The summed E-state index contributed by atoms with van der Waals surface area (Å²) in [5, 5.41) is 20.5. The first kappa shape index (κ1) is 22.3. The van der Waals surface area contributed by atoms with Gasteiger partial charge >= 0.3 is 0 Å². The van der Waals surface area contributed by atoms with Crippen molar-refractivity contribution in [2.45, 2.75) is 60.6 Å². The average molecular weight is 486 g/mol. The Kier molecular flexibility index (Phi) is 6.33. The van der Waals surface area contributed by atoms with Crippen LogP contribution in [0.1, 0.15) is 36.3 Å². The zero-order chi connectivity index (χ0) is 22.8. The fourth-order valence-corrected chi connectivity index (χ4v) is 6.56. The molecule has 1 saturated carbocycles. The number of aliphatic hydroxyl groups is 1. The number of hydrogen-bond acceptors (Lipinski definition) is 9. The van der Waals surface area contributed by atoms with Crippen molar-refractivity contribution in [1.82, 2.24) is 15.3 Å². The summed E-state index contributed by atoms with van der Waals surface area (Å²) < 4.78 is 26.7. The van der Waals surface area contributed by atoms with E-state index in [0.29, 0.717) is 16.8 Å². The molecule has 1 aliphatic carbocycles. The van der Waals surface area contributed by atoms with E-state index >= 15 is 0 Å². The van der Waals surface area contributed by atoms with E-state index in [1.54, 1.807) is 53.8 Å². The number of pyridine rings is 1. The van der Waals surface area contributed by atoms with Crippen LogP contribution in [0.2, 0.25) is 0 Å². The molecule has 0 radical (unpaired) electrons. The second kappa shape index (κ2) is 9.38. The van der Waals surface area contributed by atoms with Crippen LogP contribution in [0.4, 0.5) is 16.8 Å². The minimum absolute atomic E-state index is 0.140. The number of rotatable bonds is 6. The van der Waals surface area contributed by atoms with Gasteiger partial charge in [-0.2, -0.15) is 0 Å². The minimum Gasteiger partial charge on any atom is -0.393 e. The molecule has 0 amide bonds. The Morgan fingerprint density at radius 3 is 2.52 bits per heavy atom. The van der Waals surface area contributed by atoms with E-state index in [4.69, 9.17) is 0 Å². The zero-order valence-corrected chi connectivity index (χ0v) is 19.8. The van der Waals surface area contributed by atoms with Crippen LogP contribution < -0.4 is 16.0 Å². The summed E-state index contributed by atoms with van der Waals surface area (Å²) in [6, 6.07) is 11.7. The van der Waals surface area contributed by atoms with Crippen LogP contribution in [0.5, 0.6) is 0 Å². The summed E-state index contributed by atoms with van der Waals surface area (Å²) in [4.78, 5) is 10.9. The third kappa shape index (κ3) is 5.03. The number of aliphatic hydroxyl groups excluding tert-OH is 1. The van der Waals surface area contributed by atoms with Gasteiger partial charge in [-0.1, -0.05) is 18.2 Å². The van der Waals surface area contributed by atoms with Gasteiger partial charge in [0.2, 0.25) is 9.84 Å². The Bertz CT molecular complexity index is 1200. The molecule has 2 aromatic heterocycles. The molecule has 0 bridgehead atoms. The fourth-order valence-electron chi connectivity index (χ4n) is 4.25. The highest BCUT2D eigenvalue weighted by molar-refractivity contribution is 7.91. The molecule has 0 spiro atoms. The molecule has 0 saturated heterocycles. The second-order valence-electron chi connectivity index (χ2n) is 8.48. The van der Waals surface area contributed by atoms with E-state index < -0.39 is 9.84 Å². The monoisotopic (exact) mass is 485 g/mol. The number of aromatic nitrogens is 2. The van der Waals surface area contributed by atoms with E-state index in [-0.39, 0.29) is 21.9 Å². The van der Waals surface area contributed by atoms with Gasteiger partial charge in [-0.15, -0.1) is 11.3 Å². The van der Waals surface area contributed by atoms with Crippen LogP contribution in [-0.4, -0.2) is 42.2 Å². The summed E-state index contributed by atoms with van der Waals surface area (Å²) in [6.45, 7) is 1.70. The highest BCUT2D eigenvalue weighted by Gasteiger charge is 2.23. The Morgan fingerprint density at radius 2 is 1.76 bits per heavy atom. The molecule has 33 heavy (non-hydrogen) atoms. The summed E-state index contributed by atoms with van der Waals surface area (Å²) >= 11 is 1.56. The van der Waals surface area contributed by atoms with Gasteiger partial charge in [-0.25, -0.2) is 18.4 Å². The van der Waals surface area contributed by atoms with Crippen LogP contribution in [-0.2, 0) is 22.8 Å². The Labute approximate surface area is 197 Å². The molecule has 3 aromatic rings. The quantitative estimate of drug-likeness (QED) is 0.419. The normalized spacial score (nSPS) is 20.8. The third-order valence-corrected chi connectivity index (χ3v) is 8.81. The molecule has 1 aliphatic heterocycles. The Hall–Kier alpha value is -2.53. The molecule has 1 aromatic carbocycles. The molecule has 8 nitrogen and oxygen atoms in total. The lowest BCUT2D eigenvalue weighted by molar-refractivity contribution is 0.126. The number of benzene rings is 1. The largest absolute Gasteiger partial charge is 0.393 e. The number of nitrogens with one attached hydrogen (secondary N) is 3. The summed E-state index contributed by atoms with van der Waals surface area (Å²) in [5.74, 6) is 0.934. The molecule has 5 rings (SSSR count). The molecule has 2 aliphatic rings. The summed E-state index contributed by atoms with van der Waals surface area (Å²) in [6.07, 6.45) is 3.70. The van der Waals surface area contributed by atoms with Gasteiger partial charge in [0.15, 0.2) is 5.13 Å². The minimum atomic E-state index is -3.72. The lowest BCUT2D eigenvalue weighted by Gasteiger charge is -2.26. The Balaban J connectivity index is 1.48. The SMILES string of the molecule is O=S(=O)(c1ccccc1)c1cc(Nc2nc3c(s2)CNCC3)nc(NC2CCC(O)CC2)c1. The predicted molar refractivity (Wildman–Crippen MR) is 129 cm³/mol. The van der Waals surface area contributed by atoms with Gasteiger partial charge in [0, 0.05) is 36.5 Å². The van der Waals surface area contributed by atoms with Crippen molar-refractivity contribution >= 4 is 37.9 Å². The molecule has 3 heterocycles. The fraction of sp³-hybridized carbons (Fsp3) is 0.391. The molecular formula is C23H27N5O3S2. The van der Waals surface area contributed by atoms with Crippen LogP contribution in [0.25, 0.3) is 0 Å². The van der Waals surface area contributed by atoms with Gasteiger partial charge in [-0.05, 0) is 43.9 Å². The third-order valence-electron chi connectivity index (χ3n) is 6.05. The molecule has 10 heteroatoms. The summed E-state index contributed by atoms with van der Waals surface area (Å²) in [5.41, 5.74) is 1.08. The number of thiazole rings is 1. The average Bonchev–Trinajstić information content (AvgIpc) is 3.23. The highest BCUT2D eigenvalue weighted by atomic mass is 32.2. The maximum Gasteiger partial charge on any atom is 0.206 e. The molecule has 0 unspecified atom stereocenters. The number of anilines is 3. The molecule has 1 fully saturated rings. The molecule has 4 N–H and O–H groups in total. The van der Waals surface area contributed by atoms with Gasteiger partial charge in [0.05, 0.1) is 21.6 Å². The first-order valence-corrected chi connectivity index (χ1v) is 13.5. The van der Waals surface area contributed by atoms with Crippen molar-refractivity contribution in [3.63, 3.8) is 0 Å². The van der Waals surface area contributed by atoms with Crippen molar-refractivity contribution < 1.29 is 13.5 Å². The molecule has 174 valence electrons. The van der Waals surface area contributed by atoms with Crippen LogP contribution in [0.15, 0.2) is 52.3 Å². The summed E-state index contributed by atoms with van der Waals surface area (Å²) in [7, 11) is -3.72. The zero-order valence-electron chi connectivity index (χ0n) is 18.1. The van der Waals surface area contributed by atoms with E-state index in [0.717, 1.165) is 50.9 Å². The smallest absolute Gasteiger partial charge is 0.206 e. The van der Waals surface area contributed by atoms with Crippen molar-refractivity contribution in [1.29, 1.82) is 0 Å². The first-order valence-electron chi connectivity index (χ1n) is 11.2. The maximum atomic E-state index is 13.3. The van der Waals surface area contributed by atoms with E-state index in [1.165, 1.54) is 4.88 Å². The Morgan fingerprint density at radius 1 is 1.00 bits per heavy atom. The van der Waals surface area contributed by atoms with Crippen molar-refractivity contribution in [2.75, 3.05) is 17.2 Å². The van der Waals surface area contributed by atoms with Crippen LogP contribution in [0, 0.1) is 0 Å². The number of hydrogen-bond donors (Lipinski definition) is 4. The molecular weight excluding hydrogens is 458 g/mol. The van der Waals surface area contributed by atoms with E-state index in [2.05, 4.69) is 25.9 Å². The van der Waals surface area contributed by atoms with Crippen LogP contribution >= 0.6 is 11.3 Å². The lowest BCUT2D eigenvalue weighted by Crippen LogP contribution is -2.28. The van der Waals surface area contributed by atoms with Gasteiger partial charge in [0.1, 0.15) is 11.6 Å². The van der Waals surface area contributed by atoms with Gasteiger partial charge in [0.25, 0.3) is 0 Å². The predicted octanol–water partition coefficient (Wildman–Crippen LogP) is 3.48. The first-order chi connectivity index (χ1) is 16.0. The number of sulfone groups is 1. The topological polar surface area (TPSA) is 116 Å². The van der Waals surface area contributed by atoms with Crippen molar-refractivity contribution in [3.8, 4) is 0 Å². The van der Waals surface area contributed by atoms with Gasteiger partial charge in [-0.3, -0.25) is 0 Å². The van der Waals surface area contributed by atoms with Crippen molar-refractivity contribution in [3.05, 3.63) is 53.0 Å².